The number of para-hydroxylation sites is 2. The van der Waals surface area contributed by atoms with E-state index in [0.29, 0.717) is 5.56 Å². The van der Waals surface area contributed by atoms with E-state index >= 15 is 0 Å². The molecule has 0 radical (unpaired) electrons. The molecule has 0 amide bonds. The zero-order chi connectivity index (χ0) is 17.9. The van der Waals surface area contributed by atoms with Gasteiger partial charge in [-0.1, -0.05) is 42.1 Å². The molecule has 0 bridgehead atoms. The maximum Gasteiger partial charge on any atom is 0.185 e. The number of ketones is 1. The Morgan fingerprint density at radius 1 is 0.962 bits per heavy atom. The summed E-state index contributed by atoms with van der Waals surface area (Å²) >= 11 is 1.71. The molecular weight excluding hydrogens is 342 g/mol. The SMILES string of the molecule is COc1ccccc1/C=C/C(=O)c1ccc2c(c1)Nc1ccccc1S2. The highest BCUT2D eigenvalue weighted by Crippen LogP contribution is 2.44. The second-order valence-electron chi connectivity index (χ2n) is 5.87. The molecule has 0 saturated heterocycles. The molecule has 0 aromatic heterocycles. The summed E-state index contributed by atoms with van der Waals surface area (Å²) in [6.45, 7) is 0. The predicted molar refractivity (Wildman–Crippen MR) is 107 cm³/mol. The molecule has 0 aliphatic carbocycles. The Balaban J connectivity index is 1.58. The molecule has 0 atom stereocenters. The van der Waals surface area contributed by atoms with Crippen molar-refractivity contribution in [2.45, 2.75) is 9.79 Å². The van der Waals surface area contributed by atoms with Gasteiger partial charge in [0.25, 0.3) is 0 Å². The van der Waals surface area contributed by atoms with Crippen LogP contribution in [0.2, 0.25) is 0 Å². The third-order valence-electron chi connectivity index (χ3n) is 4.19. The van der Waals surface area contributed by atoms with Crippen molar-refractivity contribution in [3.8, 4) is 5.75 Å². The highest BCUT2D eigenvalue weighted by atomic mass is 32.2. The van der Waals surface area contributed by atoms with Crippen LogP contribution in [-0.4, -0.2) is 12.9 Å². The number of anilines is 2. The number of benzene rings is 3. The zero-order valence-corrected chi connectivity index (χ0v) is 15.0. The molecule has 3 aromatic rings. The average molecular weight is 359 g/mol. The van der Waals surface area contributed by atoms with Crippen molar-refractivity contribution in [2.75, 3.05) is 12.4 Å². The summed E-state index contributed by atoms with van der Waals surface area (Å²) in [7, 11) is 1.62. The van der Waals surface area contributed by atoms with E-state index in [1.807, 2.05) is 60.7 Å². The first-order chi connectivity index (χ1) is 12.7. The molecule has 3 aromatic carbocycles. The normalized spacial score (nSPS) is 12.2. The quantitative estimate of drug-likeness (QED) is 0.369. The fourth-order valence-corrected chi connectivity index (χ4v) is 3.83. The summed E-state index contributed by atoms with van der Waals surface area (Å²) in [6.07, 6.45) is 3.38. The second-order valence-corrected chi connectivity index (χ2v) is 6.96. The molecule has 4 heteroatoms. The lowest BCUT2D eigenvalue weighted by Gasteiger charge is -2.20. The van der Waals surface area contributed by atoms with Crippen LogP contribution in [-0.2, 0) is 0 Å². The van der Waals surface area contributed by atoms with E-state index in [-0.39, 0.29) is 5.78 Å². The summed E-state index contributed by atoms with van der Waals surface area (Å²) in [5.74, 6) is 0.709. The number of ether oxygens (including phenoxy) is 1. The Hall–Kier alpha value is -2.98. The molecule has 0 unspecified atom stereocenters. The van der Waals surface area contributed by atoms with E-state index < -0.39 is 0 Å². The van der Waals surface area contributed by atoms with Gasteiger partial charge in [0.15, 0.2) is 5.78 Å². The fraction of sp³-hybridized carbons (Fsp3) is 0.0455. The molecule has 3 nitrogen and oxygen atoms in total. The lowest BCUT2D eigenvalue weighted by Crippen LogP contribution is -2.02. The molecule has 0 saturated carbocycles. The van der Waals surface area contributed by atoms with Crippen LogP contribution < -0.4 is 10.1 Å². The van der Waals surface area contributed by atoms with Gasteiger partial charge in [0.1, 0.15) is 5.75 Å². The van der Waals surface area contributed by atoms with Crippen molar-refractivity contribution in [2.24, 2.45) is 0 Å². The van der Waals surface area contributed by atoms with Crippen LogP contribution in [0.3, 0.4) is 0 Å². The van der Waals surface area contributed by atoms with Crippen molar-refractivity contribution in [1.82, 2.24) is 0 Å². The molecule has 4 rings (SSSR count). The zero-order valence-electron chi connectivity index (χ0n) is 14.2. The Kier molecular flexibility index (Phi) is 4.50. The van der Waals surface area contributed by atoms with Gasteiger partial charge >= 0.3 is 0 Å². The summed E-state index contributed by atoms with van der Waals surface area (Å²) in [6, 6.07) is 21.6. The van der Waals surface area contributed by atoms with E-state index in [1.165, 1.54) is 4.90 Å². The molecule has 1 aliphatic heterocycles. The molecule has 0 fully saturated rings. The van der Waals surface area contributed by atoms with Crippen molar-refractivity contribution < 1.29 is 9.53 Å². The summed E-state index contributed by atoms with van der Waals surface area (Å²) in [5, 5.41) is 3.41. The largest absolute Gasteiger partial charge is 0.496 e. The third-order valence-corrected chi connectivity index (χ3v) is 5.35. The van der Waals surface area contributed by atoms with Crippen LogP contribution in [0, 0.1) is 0 Å². The Labute approximate surface area is 156 Å². The summed E-state index contributed by atoms with van der Waals surface area (Å²) in [5.41, 5.74) is 3.57. The van der Waals surface area contributed by atoms with Crippen molar-refractivity contribution in [3.63, 3.8) is 0 Å². The minimum Gasteiger partial charge on any atom is -0.496 e. The van der Waals surface area contributed by atoms with Crippen LogP contribution in [0.1, 0.15) is 15.9 Å². The van der Waals surface area contributed by atoms with Crippen LogP contribution in [0.5, 0.6) is 5.75 Å². The van der Waals surface area contributed by atoms with Gasteiger partial charge in [-0.15, -0.1) is 0 Å². The van der Waals surface area contributed by atoms with Crippen LogP contribution in [0.15, 0.2) is 82.6 Å². The van der Waals surface area contributed by atoms with Crippen molar-refractivity contribution in [1.29, 1.82) is 0 Å². The minimum absolute atomic E-state index is 0.0376. The highest BCUT2D eigenvalue weighted by Gasteiger charge is 2.16. The predicted octanol–water partition coefficient (Wildman–Crippen LogP) is 5.80. The van der Waals surface area contributed by atoms with Gasteiger partial charge in [0.2, 0.25) is 0 Å². The first-order valence-electron chi connectivity index (χ1n) is 8.28. The smallest absolute Gasteiger partial charge is 0.185 e. The highest BCUT2D eigenvalue weighted by molar-refractivity contribution is 7.99. The molecule has 1 N–H and O–H groups in total. The van der Waals surface area contributed by atoms with Gasteiger partial charge in [-0.3, -0.25) is 4.79 Å². The monoisotopic (exact) mass is 359 g/mol. The number of rotatable bonds is 4. The number of hydrogen-bond donors (Lipinski definition) is 1. The Morgan fingerprint density at radius 3 is 2.62 bits per heavy atom. The van der Waals surface area contributed by atoms with Gasteiger partial charge in [-0.25, -0.2) is 0 Å². The van der Waals surface area contributed by atoms with Gasteiger partial charge in [0, 0.05) is 20.9 Å². The van der Waals surface area contributed by atoms with Crippen LogP contribution in [0.4, 0.5) is 11.4 Å². The maximum absolute atomic E-state index is 12.6. The average Bonchev–Trinajstić information content (AvgIpc) is 2.70. The number of allylic oxidation sites excluding steroid dienone is 1. The lowest BCUT2D eigenvalue weighted by molar-refractivity contribution is 0.104. The minimum atomic E-state index is -0.0376. The Morgan fingerprint density at radius 2 is 1.73 bits per heavy atom. The number of carbonyl (C=O) groups excluding carboxylic acids is 1. The molecular formula is C22H17NO2S. The fourth-order valence-electron chi connectivity index (χ4n) is 2.86. The van der Waals surface area contributed by atoms with E-state index in [4.69, 9.17) is 4.74 Å². The topological polar surface area (TPSA) is 38.3 Å². The van der Waals surface area contributed by atoms with Crippen molar-refractivity contribution in [3.05, 3.63) is 83.9 Å². The van der Waals surface area contributed by atoms with E-state index in [1.54, 1.807) is 31.0 Å². The number of carbonyl (C=O) groups is 1. The van der Waals surface area contributed by atoms with Gasteiger partial charge < -0.3 is 10.1 Å². The number of fused-ring (bicyclic) bond motifs is 2. The van der Waals surface area contributed by atoms with Crippen LogP contribution >= 0.6 is 11.8 Å². The number of methoxy groups -OCH3 is 1. The van der Waals surface area contributed by atoms with E-state index in [0.717, 1.165) is 27.6 Å². The summed E-state index contributed by atoms with van der Waals surface area (Å²) < 4.78 is 5.32. The number of nitrogens with one attached hydrogen (secondary N) is 1. The Bertz CT molecular complexity index is 1010. The third kappa shape index (κ3) is 3.24. The second kappa shape index (κ2) is 7.10. The molecule has 26 heavy (non-hydrogen) atoms. The molecule has 128 valence electrons. The first-order valence-corrected chi connectivity index (χ1v) is 9.09. The lowest BCUT2D eigenvalue weighted by atomic mass is 10.1. The first kappa shape index (κ1) is 16.5. The van der Waals surface area contributed by atoms with Crippen molar-refractivity contribution >= 4 is 35.0 Å². The van der Waals surface area contributed by atoms with E-state index in [2.05, 4.69) is 11.4 Å². The van der Waals surface area contributed by atoms with Gasteiger partial charge in [-0.2, -0.15) is 0 Å². The van der Waals surface area contributed by atoms with Gasteiger partial charge in [-0.05, 0) is 48.6 Å². The van der Waals surface area contributed by atoms with Gasteiger partial charge in [0.05, 0.1) is 18.5 Å². The van der Waals surface area contributed by atoms with Crippen LogP contribution in [0.25, 0.3) is 6.08 Å². The standard InChI is InChI=1S/C22H17NO2S/c1-25-20-8-4-2-6-15(20)10-12-19(24)16-11-13-22-18(14-16)23-17-7-3-5-9-21(17)26-22/h2-14,23H,1H3/b12-10+. The molecule has 1 aliphatic rings. The van der Waals surface area contributed by atoms with E-state index in [9.17, 15) is 4.79 Å². The molecule has 0 spiro atoms. The number of hydrogen-bond acceptors (Lipinski definition) is 4. The maximum atomic E-state index is 12.6. The molecule has 1 heterocycles. The summed E-state index contributed by atoms with van der Waals surface area (Å²) in [4.78, 5) is 14.9.